The third kappa shape index (κ3) is 4.66. The van der Waals surface area contributed by atoms with Gasteiger partial charge in [-0.25, -0.2) is 13.8 Å². The number of hydrogen-bond acceptors (Lipinski definition) is 4. The largest absolute Gasteiger partial charge is 0.274 e. The number of anilines is 1. The number of benzene rings is 2. The van der Waals surface area contributed by atoms with Gasteiger partial charge < -0.3 is 0 Å². The molecule has 2 aromatic rings. The Kier molecular flexibility index (Phi) is 5.35. The molecule has 0 unspecified atom stereocenters. The lowest BCUT2D eigenvalue weighted by Gasteiger charge is -2.16. The first-order valence-corrected chi connectivity index (χ1v) is 9.06. The summed E-state index contributed by atoms with van der Waals surface area (Å²) in [5.74, 6) is -0.369. The predicted octanol–water partition coefficient (Wildman–Crippen LogP) is 2.15. The van der Waals surface area contributed by atoms with Crippen LogP contribution in [0.1, 0.15) is 21.5 Å². The summed E-state index contributed by atoms with van der Waals surface area (Å²) in [6.07, 6.45) is 2.68. The average molecular weight is 345 g/mol. The van der Waals surface area contributed by atoms with E-state index in [9.17, 15) is 13.2 Å². The number of nitrogens with one attached hydrogen (secondary N) is 1. The van der Waals surface area contributed by atoms with Gasteiger partial charge in [0.05, 0.1) is 18.2 Å². The van der Waals surface area contributed by atoms with Gasteiger partial charge in [0, 0.05) is 12.6 Å². The topological polar surface area (TPSA) is 78.8 Å². The summed E-state index contributed by atoms with van der Waals surface area (Å²) in [5, 5.41) is 3.91. The molecule has 2 rings (SSSR count). The van der Waals surface area contributed by atoms with E-state index < -0.39 is 10.0 Å². The number of carbonyl (C=O) groups is 1. The van der Waals surface area contributed by atoms with Crippen LogP contribution in [0.4, 0.5) is 5.69 Å². The molecule has 0 aromatic heterocycles. The summed E-state index contributed by atoms with van der Waals surface area (Å²) >= 11 is 0. The van der Waals surface area contributed by atoms with E-state index >= 15 is 0 Å². The standard InChI is InChI=1S/C17H19N3O3S/c1-13-4-6-14(7-5-13)12-18-19-17(21)15-8-10-16(11-9-15)20(2)24(3,22)23/h4-12H,1-3H3,(H,19,21)/b18-12-. The van der Waals surface area contributed by atoms with Crippen molar-refractivity contribution in [1.82, 2.24) is 5.43 Å². The molecule has 1 N–H and O–H groups in total. The molecular formula is C17H19N3O3S. The maximum Gasteiger partial charge on any atom is 0.271 e. The van der Waals surface area contributed by atoms with Gasteiger partial charge in [-0.15, -0.1) is 0 Å². The first-order valence-electron chi connectivity index (χ1n) is 7.21. The van der Waals surface area contributed by atoms with Crippen molar-refractivity contribution in [2.45, 2.75) is 6.92 Å². The number of amides is 1. The highest BCUT2D eigenvalue weighted by atomic mass is 32.2. The van der Waals surface area contributed by atoms with Gasteiger partial charge >= 0.3 is 0 Å². The molecule has 0 aliphatic rings. The first-order chi connectivity index (χ1) is 11.3. The third-order valence-electron chi connectivity index (χ3n) is 3.45. The quantitative estimate of drug-likeness (QED) is 0.666. The molecule has 0 aliphatic carbocycles. The molecule has 0 radical (unpaired) electrons. The maximum absolute atomic E-state index is 12.0. The summed E-state index contributed by atoms with van der Waals surface area (Å²) in [4.78, 5) is 12.0. The fourth-order valence-corrected chi connectivity index (χ4v) is 2.40. The van der Waals surface area contributed by atoms with E-state index in [1.807, 2.05) is 31.2 Å². The van der Waals surface area contributed by atoms with Crippen LogP contribution in [0.3, 0.4) is 0 Å². The Bertz CT molecular complexity index is 842. The fourth-order valence-electron chi connectivity index (χ4n) is 1.90. The number of rotatable bonds is 5. The van der Waals surface area contributed by atoms with Crippen molar-refractivity contribution >= 4 is 27.8 Å². The van der Waals surface area contributed by atoms with Gasteiger partial charge in [-0.05, 0) is 36.8 Å². The second-order valence-electron chi connectivity index (χ2n) is 5.39. The summed E-state index contributed by atoms with van der Waals surface area (Å²) in [6, 6.07) is 14.0. The van der Waals surface area contributed by atoms with Crippen LogP contribution in [0.2, 0.25) is 0 Å². The molecule has 0 heterocycles. The van der Waals surface area contributed by atoms with Crippen LogP contribution in [-0.4, -0.2) is 33.8 Å². The molecule has 0 aliphatic heterocycles. The van der Waals surface area contributed by atoms with Crippen LogP contribution < -0.4 is 9.73 Å². The molecule has 0 saturated carbocycles. The summed E-state index contributed by atoms with van der Waals surface area (Å²) in [5.41, 5.74) is 5.34. The molecular weight excluding hydrogens is 326 g/mol. The predicted molar refractivity (Wildman–Crippen MR) is 95.9 cm³/mol. The average Bonchev–Trinajstić information content (AvgIpc) is 2.55. The Labute approximate surface area is 141 Å². The van der Waals surface area contributed by atoms with E-state index in [1.54, 1.807) is 30.5 Å². The highest BCUT2D eigenvalue weighted by Crippen LogP contribution is 2.16. The van der Waals surface area contributed by atoms with Crippen LogP contribution >= 0.6 is 0 Å². The number of hydrogen-bond donors (Lipinski definition) is 1. The lowest BCUT2D eigenvalue weighted by molar-refractivity contribution is 0.0955. The van der Waals surface area contributed by atoms with Crippen LogP contribution in [-0.2, 0) is 10.0 Å². The zero-order chi connectivity index (χ0) is 17.7. The summed E-state index contributed by atoms with van der Waals surface area (Å²) < 4.78 is 24.1. The number of nitrogens with zero attached hydrogens (tertiary/aromatic N) is 2. The van der Waals surface area contributed by atoms with Gasteiger partial charge in [0.1, 0.15) is 0 Å². The lowest BCUT2D eigenvalue weighted by atomic mass is 10.2. The second kappa shape index (κ2) is 7.27. The van der Waals surface area contributed by atoms with Gasteiger partial charge in [0.25, 0.3) is 5.91 Å². The van der Waals surface area contributed by atoms with Crippen molar-refractivity contribution in [2.75, 3.05) is 17.6 Å². The van der Waals surface area contributed by atoms with E-state index in [1.165, 1.54) is 7.05 Å². The molecule has 6 nitrogen and oxygen atoms in total. The van der Waals surface area contributed by atoms with E-state index in [-0.39, 0.29) is 5.91 Å². The summed E-state index contributed by atoms with van der Waals surface area (Å²) in [7, 11) is -1.87. The minimum atomic E-state index is -3.33. The number of sulfonamides is 1. The van der Waals surface area contributed by atoms with E-state index in [0.717, 1.165) is 21.7 Å². The monoisotopic (exact) mass is 345 g/mol. The molecule has 7 heteroatoms. The Morgan fingerprint density at radius 3 is 2.21 bits per heavy atom. The van der Waals surface area contributed by atoms with Gasteiger partial charge in [-0.2, -0.15) is 5.10 Å². The van der Waals surface area contributed by atoms with Crippen molar-refractivity contribution in [1.29, 1.82) is 0 Å². The molecule has 0 atom stereocenters. The molecule has 0 bridgehead atoms. The van der Waals surface area contributed by atoms with Crippen LogP contribution in [0.5, 0.6) is 0 Å². The zero-order valence-corrected chi connectivity index (χ0v) is 14.5. The van der Waals surface area contributed by atoms with Crippen molar-refractivity contribution in [3.05, 3.63) is 65.2 Å². The van der Waals surface area contributed by atoms with E-state index in [4.69, 9.17) is 0 Å². The SMILES string of the molecule is Cc1ccc(/C=N\NC(=O)c2ccc(N(C)S(C)(=O)=O)cc2)cc1. The Hall–Kier alpha value is -2.67. The minimum absolute atomic E-state index is 0.369. The van der Waals surface area contributed by atoms with Crippen molar-refractivity contribution in [3.63, 3.8) is 0 Å². The van der Waals surface area contributed by atoms with Crippen LogP contribution in [0.25, 0.3) is 0 Å². The summed E-state index contributed by atoms with van der Waals surface area (Å²) in [6.45, 7) is 1.99. The molecule has 126 valence electrons. The number of carbonyl (C=O) groups excluding carboxylic acids is 1. The molecule has 0 spiro atoms. The lowest BCUT2D eigenvalue weighted by Crippen LogP contribution is -2.25. The fraction of sp³-hybridized carbons (Fsp3) is 0.176. The van der Waals surface area contributed by atoms with E-state index in [0.29, 0.717) is 11.3 Å². The van der Waals surface area contributed by atoms with Crippen molar-refractivity contribution in [3.8, 4) is 0 Å². The Balaban J connectivity index is 2.01. The number of hydrazone groups is 1. The molecule has 24 heavy (non-hydrogen) atoms. The van der Waals surface area contributed by atoms with Gasteiger partial charge in [0.15, 0.2) is 0 Å². The highest BCUT2D eigenvalue weighted by Gasteiger charge is 2.12. The van der Waals surface area contributed by atoms with Gasteiger partial charge in [-0.1, -0.05) is 29.8 Å². The second-order valence-corrected chi connectivity index (χ2v) is 7.40. The van der Waals surface area contributed by atoms with Crippen molar-refractivity contribution in [2.24, 2.45) is 5.10 Å². The number of aryl methyl sites for hydroxylation is 1. The highest BCUT2D eigenvalue weighted by molar-refractivity contribution is 7.92. The third-order valence-corrected chi connectivity index (χ3v) is 4.65. The molecule has 1 amide bonds. The minimum Gasteiger partial charge on any atom is -0.274 e. The normalized spacial score (nSPS) is 11.5. The Morgan fingerprint density at radius 2 is 1.67 bits per heavy atom. The molecule has 2 aromatic carbocycles. The zero-order valence-electron chi connectivity index (χ0n) is 13.7. The Morgan fingerprint density at radius 1 is 1.08 bits per heavy atom. The van der Waals surface area contributed by atoms with Crippen LogP contribution in [0.15, 0.2) is 53.6 Å². The van der Waals surface area contributed by atoms with Gasteiger partial charge in [-0.3, -0.25) is 9.10 Å². The van der Waals surface area contributed by atoms with E-state index in [2.05, 4.69) is 10.5 Å². The first kappa shape index (κ1) is 17.7. The van der Waals surface area contributed by atoms with Gasteiger partial charge in [0.2, 0.25) is 10.0 Å². The maximum atomic E-state index is 12.0. The molecule has 0 saturated heterocycles. The van der Waals surface area contributed by atoms with Crippen LogP contribution in [0, 0.1) is 6.92 Å². The smallest absolute Gasteiger partial charge is 0.271 e. The molecule has 0 fully saturated rings. The van der Waals surface area contributed by atoms with Crippen molar-refractivity contribution < 1.29 is 13.2 Å².